The molecule has 1 aliphatic heterocycles. The lowest BCUT2D eigenvalue weighted by Gasteiger charge is -2.17. The Kier molecular flexibility index (Phi) is 5.13. The summed E-state index contributed by atoms with van der Waals surface area (Å²) in [5, 5.41) is 7.81. The summed E-state index contributed by atoms with van der Waals surface area (Å²) in [5.74, 6) is 1.20. The number of hydrogen-bond donors (Lipinski definition) is 1. The van der Waals surface area contributed by atoms with Gasteiger partial charge >= 0.3 is 0 Å². The Balaban J connectivity index is 1.74. The van der Waals surface area contributed by atoms with Crippen LogP contribution in [0.4, 0.5) is 5.82 Å². The molecule has 2 atom stereocenters. The van der Waals surface area contributed by atoms with Crippen LogP contribution >= 0.6 is 0 Å². The molecule has 1 amide bonds. The summed E-state index contributed by atoms with van der Waals surface area (Å²) < 4.78 is 13.9. The van der Waals surface area contributed by atoms with Gasteiger partial charge in [0.25, 0.3) is 0 Å². The number of nitrogens with one attached hydrogen (secondary N) is 1. The highest BCUT2D eigenvalue weighted by molar-refractivity contribution is 7.83. The Morgan fingerprint density at radius 1 is 1.14 bits per heavy atom. The number of hydrogen-bond acceptors (Lipinski definition) is 3. The molecule has 2 heterocycles. The van der Waals surface area contributed by atoms with E-state index >= 15 is 0 Å². The van der Waals surface area contributed by atoms with Gasteiger partial charge in [-0.25, -0.2) is 4.68 Å². The number of fused-ring (bicyclic) bond motifs is 1. The number of nitrogens with zero attached hydrogens (tertiary/aromatic N) is 2. The first-order valence-corrected chi connectivity index (χ1v) is 10.9. The molecule has 0 saturated carbocycles. The van der Waals surface area contributed by atoms with Crippen molar-refractivity contribution >= 4 is 22.5 Å². The molecule has 28 heavy (non-hydrogen) atoms. The van der Waals surface area contributed by atoms with Crippen molar-refractivity contribution in [3.8, 4) is 5.69 Å². The van der Waals surface area contributed by atoms with Crippen LogP contribution < -0.4 is 5.32 Å². The molecule has 3 aromatic rings. The molecule has 0 spiro atoms. The van der Waals surface area contributed by atoms with E-state index in [0.717, 1.165) is 28.1 Å². The number of aromatic nitrogens is 2. The Morgan fingerprint density at radius 2 is 1.86 bits per heavy atom. The maximum atomic E-state index is 13.2. The number of benzene rings is 2. The Bertz CT molecular complexity index is 1040. The smallest absolute Gasteiger partial charge is 0.233 e. The second-order valence-corrected chi connectivity index (χ2v) is 8.52. The molecule has 0 fully saturated rings. The molecular weight excluding hydrogens is 370 g/mol. The zero-order valence-corrected chi connectivity index (χ0v) is 16.8. The van der Waals surface area contributed by atoms with Gasteiger partial charge in [-0.1, -0.05) is 55.5 Å². The highest BCUT2D eigenvalue weighted by Crippen LogP contribution is 2.33. The normalized spacial score (nSPS) is 16.6. The lowest BCUT2D eigenvalue weighted by molar-refractivity contribution is -0.117. The van der Waals surface area contributed by atoms with Gasteiger partial charge in [-0.05, 0) is 30.5 Å². The average molecular weight is 394 g/mol. The maximum absolute atomic E-state index is 13.2. The average Bonchev–Trinajstić information content (AvgIpc) is 3.21. The largest absolute Gasteiger partial charge is 0.310 e. The van der Waals surface area contributed by atoms with E-state index in [2.05, 4.69) is 5.32 Å². The van der Waals surface area contributed by atoms with Crippen LogP contribution in [-0.2, 0) is 27.1 Å². The molecule has 0 aliphatic carbocycles. The molecule has 1 aliphatic rings. The zero-order valence-electron chi connectivity index (χ0n) is 16.0. The zero-order chi connectivity index (χ0) is 19.7. The maximum Gasteiger partial charge on any atom is 0.233 e. The quantitative estimate of drug-likeness (QED) is 0.710. The predicted molar refractivity (Wildman–Crippen MR) is 112 cm³/mol. The minimum Gasteiger partial charge on any atom is -0.310 e. The standard InChI is InChI=1S/C22H23N3O2S/c1-3-17(16-10-5-4-6-11-16)22(26)23-21-18-13-28(27)14-19(18)24-25(21)20-12-8-7-9-15(20)2/h4-12,17H,3,13-14H2,1-2H3,(H,23,26)/t17-,28-/m0/s1. The molecule has 0 unspecified atom stereocenters. The summed E-state index contributed by atoms with van der Waals surface area (Å²) in [6.45, 7) is 4.03. The Labute approximate surface area is 167 Å². The monoisotopic (exact) mass is 393 g/mol. The van der Waals surface area contributed by atoms with Crippen LogP contribution in [0.2, 0.25) is 0 Å². The molecule has 6 heteroatoms. The molecule has 0 bridgehead atoms. The summed E-state index contributed by atoms with van der Waals surface area (Å²) >= 11 is 0. The van der Waals surface area contributed by atoms with Crippen LogP contribution in [-0.4, -0.2) is 19.9 Å². The molecule has 2 aromatic carbocycles. The molecule has 0 radical (unpaired) electrons. The van der Waals surface area contributed by atoms with Crippen LogP contribution in [0.25, 0.3) is 5.69 Å². The second-order valence-electron chi connectivity index (χ2n) is 7.06. The first kappa shape index (κ1) is 18.6. The van der Waals surface area contributed by atoms with E-state index in [1.807, 2.05) is 68.4 Å². The number of amides is 1. The van der Waals surface area contributed by atoms with Crippen LogP contribution in [0.15, 0.2) is 54.6 Å². The van der Waals surface area contributed by atoms with E-state index in [0.29, 0.717) is 23.7 Å². The lowest BCUT2D eigenvalue weighted by atomic mass is 9.95. The molecular formula is C22H23N3O2S. The van der Waals surface area contributed by atoms with Gasteiger partial charge in [0.15, 0.2) is 0 Å². The molecule has 4 rings (SSSR count). The molecule has 144 valence electrons. The summed E-state index contributed by atoms with van der Waals surface area (Å²) in [4.78, 5) is 13.2. The molecule has 5 nitrogen and oxygen atoms in total. The van der Waals surface area contributed by atoms with Gasteiger partial charge in [0.2, 0.25) is 5.91 Å². The van der Waals surface area contributed by atoms with Crippen molar-refractivity contribution in [2.75, 3.05) is 5.32 Å². The number of carbonyl (C=O) groups excluding carboxylic acids is 1. The lowest BCUT2D eigenvalue weighted by Crippen LogP contribution is -2.23. The van der Waals surface area contributed by atoms with Gasteiger partial charge in [0.05, 0.1) is 28.8 Å². The van der Waals surface area contributed by atoms with Crippen LogP contribution in [0.3, 0.4) is 0 Å². The molecule has 1 N–H and O–H groups in total. The molecule has 0 saturated heterocycles. The first-order valence-electron chi connectivity index (χ1n) is 9.46. The first-order chi connectivity index (χ1) is 13.6. The third kappa shape index (κ3) is 3.40. The highest BCUT2D eigenvalue weighted by Gasteiger charge is 2.30. The predicted octanol–water partition coefficient (Wildman–Crippen LogP) is 4.08. The van der Waals surface area contributed by atoms with Crippen molar-refractivity contribution < 1.29 is 9.00 Å². The van der Waals surface area contributed by atoms with Crippen molar-refractivity contribution in [2.24, 2.45) is 0 Å². The van der Waals surface area contributed by atoms with E-state index < -0.39 is 10.8 Å². The van der Waals surface area contributed by atoms with Crippen molar-refractivity contribution in [1.29, 1.82) is 0 Å². The number of para-hydroxylation sites is 1. The van der Waals surface area contributed by atoms with Gasteiger partial charge in [-0.15, -0.1) is 0 Å². The fourth-order valence-electron chi connectivity index (χ4n) is 3.69. The second kappa shape index (κ2) is 7.72. The summed E-state index contributed by atoms with van der Waals surface area (Å²) in [7, 11) is -0.959. The number of aryl methyl sites for hydroxylation is 1. The number of anilines is 1. The van der Waals surface area contributed by atoms with E-state index in [9.17, 15) is 9.00 Å². The van der Waals surface area contributed by atoms with Crippen molar-refractivity contribution in [3.05, 3.63) is 77.0 Å². The third-order valence-corrected chi connectivity index (χ3v) is 6.39. The van der Waals surface area contributed by atoms with E-state index in [-0.39, 0.29) is 11.8 Å². The van der Waals surface area contributed by atoms with Crippen molar-refractivity contribution in [2.45, 2.75) is 37.7 Å². The fourth-order valence-corrected chi connectivity index (χ4v) is 4.96. The van der Waals surface area contributed by atoms with Gasteiger partial charge in [0.1, 0.15) is 5.82 Å². The minimum absolute atomic E-state index is 0.0658. The Hall–Kier alpha value is -2.73. The topological polar surface area (TPSA) is 64.0 Å². The summed E-state index contributed by atoms with van der Waals surface area (Å²) in [6, 6.07) is 17.7. The van der Waals surface area contributed by atoms with Crippen molar-refractivity contribution in [3.63, 3.8) is 0 Å². The van der Waals surface area contributed by atoms with Gasteiger partial charge < -0.3 is 5.32 Å². The van der Waals surface area contributed by atoms with Gasteiger partial charge in [-0.3, -0.25) is 9.00 Å². The number of carbonyl (C=O) groups is 1. The van der Waals surface area contributed by atoms with Crippen LogP contribution in [0.1, 0.15) is 41.6 Å². The SMILES string of the molecule is CC[C@H](C(=O)Nc1c2c(nn1-c1ccccc1C)C[S@@](=O)C2)c1ccccc1. The fraction of sp³-hybridized carbons (Fsp3) is 0.273. The number of rotatable bonds is 5. The van der Waals surface area contributed by atoms with Gasteiger partial charge in [-0.2, -0.15) is 5.10 Å². The van der Waals surface area contributed by atoms with E-state index in [1.165, 1.54) is 0 Å². The van der Waals surface area contributed by atoms with Crippen LogP contribution in [0.5, 0.6) is 0 Å². The third-order valence-electron chi connectivity index (χ3n) is 5.18. The summed E-state index contributed by atoms with van der Waals surface area (Å²) in [6.07, 6.45) is 0.697. The van der Waals surface area contributed by atoms with Crippen molar-refractivity contribution in [1.82, 2.24) is 9.78 Å². The minimum atomic E-state index is -0.959. The molecule has 1 aromatic heterocycles. The van der Waals surface area contributed by atoms with Gasteiger partial charge in [0, 0.05) is 16.4 Å². The van der Waals surface area contributed by atoms with E-state index in [1.54, 1.807) is 4.68 Å². The van der Waals surface area contributed by atoms with E-state index in [4.69, 9.17) is 5.10 Å². The van der Waals surface area contributed by atoms with Crippen LogP contribution in [0, 0.1) is 6.92 Å². The Morgan fingerprint density at radius 3 is 2.57 bits per heavy atom. The summed E-state index contributed by atoms with van der Waals surface area (Å²) in [5.41, 5.74) is 4.67. The highest BCUT2D eigenvalue weighted by atomic mass is 32.2.